The second-order valence-corrected chi connectivity index (χ2v) is 8.93. The number of hydrogen-bond acceptors (Lipinski definition) is 6. The molecule has 0 unspecified atom stereocenters. The third-order valence-electron chi connectivity index (χ3n) is 6.18. The molecule has 2 N–H and O–H groups in total. The van der Waals surface area contributed by atoms with Crippen molar-refractivity contribution in [2.75, 3.05) is 32.8 Å². The van der Waals surface area contributed by atoms with Gasteiger partial charge in [0.15, 0.2) is 6.29 Å². The Hall–Kier alpha value is -2.46. The first-order chi connectivity index (χ1) is 16.9. The van der Waals surface area contributed by atoms with Crippen LogP contribution in [-0.4, -0.2) is 83.6 Å². The van der Waals surface area contributed by atoms with Gasteiger partial charge in [-0.3, -0.25) is 4.90 Å². The summed E-state index contributed by atoms with van der Waals surface area (Å²) in [5.41, 5.74) is -2.10. The molecular weight excluding hydrogens is 531 g/mol. The van der Waals surface area contributed by atoms with E-state index in [2.05, 4.69) is 4.74 Å². The second kappa shape index (κ2) is 10.4. The Balaban J connectivity index is 1.67. The van der Waals surface area contributed by atoms with Crippen molar-refractivity contribution in [1.29, 1.82) is 0 Å². The fourth-order valence-corrected chi connectivity index (χ4v) is 3.78. The van der Waals surface area contributed by atoms with Gasteiger partial charge in [0.2, 0.25) is 0 Å². The number of carbonyl (C=O) groups excluding carboxylic acids is 1. The molecular formula is C21H23F9N2O5. The van der Waals surface area contributed by atoms with Crippen LogP contribution in [0.1, 0.15) is 24.0 Å². The van der Waals surface area contributed by atoms with E-state index in [1.807, 2.05) is 0 Å². The van der Waals surface area contributed by atoms with E-state index < -0.39 is 53.7 Å². The number of piperazine rings is 1. The first-order valence-electron chi connectivity index (χ1n) is 10.9. The molecule has 210 valence electrons. The van der Waals surface area contributed by atoms with Crippen molar-refractivity contribution in [1.82, 2.24) is 9.80 Å². The first-order valence-corrected chi connectivity index (χ1v) is 10.9. The number of ether oxygens (including phenoxy) is 2. The number of aliphatic hydroxyl groups is 2. The van der Waals surface area contributed by atoms with Gasteiger partial charge < -0.3 is 24.6 Å². The zero-order chi connectivity index (χ0) is 27.8. The van der Waals surface area contributed by atoms with Crippen molar-refractivity contribution < 1.29 is 64.0 Å². The van der Waals surface area contributed by atoms with E-state index in [-0.39, 0.29) is 44.9 Å². The Morgan fingerprint density at radius 2 is 1.51 bits per heavy atom. The van der Waals surface area contributed by atoms with Gasteiger partial charge in [-0.2, -0.15) is 39.5 Å². The van der Waals surface area contributed by atoms with Gasteiger partial charge in [-0.1, -0.05) is 12.1 Å². The lowest BCUT2D eigenvalue weighted by Gasteiger charge is -2.35. The normalized spacial score (nSPS) is 18.9. The highest BCUT2D eigenvalue weighted by Gasteiger charge is 2.60. The molecule has 1 heterocycles. The van der Waals surface area contributed by atoms with Crippen molar-refractivity contribution in [3.05, 3.63) is 29.3 Å². The number of aliphatic hydroxyl groups excluding tert-OH is 1. The molecule has 0 spiro atoms. The lowest BCUT2D eigenvalue weighted by Crippen LogP contribution is -2.52. The summed E-state index contributed by atoms with van der Waals surface area (Å²) in [6.45, 7) is -1.39. The van der Waals surface area contributed by atoms with Crippen molar-refractivity contribution in [3.63, 3.8) is 0 Å². The molecule has 0 bridgehead atoms. The highest BCUT2D eigenvalue weighted by Crippen LogP contribution is 2.49. The molecule has 1 saturated heterocycles. The Kier molecular flexibility index (Phi) is 8.15. The topological polar surface area (TPSA) is 82.5 Å². The van der Waals surface area contributed by atoms with Gasteiger partial charge in [0.25, 0.3) is 6.10 Å². The predicted octanol–water partition coefficient (Wildman–Crippen LogP) is 3.92. The van der Waals surface area contributed by atoms with Crippen LogP contribution in [0.3, 0.4) is 0 Å². The van der Waals surface area contributed by atoms with Crippen molar-refractivity contribution in [3.8, 4) is 5.75 Å². The molecule has 1 amide bonds. The largest absolute Gasteiger partial charge is 0.492 e. The lowest BCUT2D eigenvalue weighted by molar-refractivity contribution is -0.308. The van der Waals surface area contributed by atoms with E-state index >= 15 is 0 Å². The molecule has 1 aliphatic carbocycles. The monoisotopic (exact) mass is 554 g/mol. The van der Waals surface area contributed by atoms with Crippen LogP contribution >= 0.6 is 0 Å². The van der Waals surface area contributed by atoms with Crippen LogP contribution in [0.25, 0.3) is 0 Å². The Bertz CT molecular complexity index is 939. The van der Waals surface area contributed by atoms with E-state index in [0.29, 0.717) is 17.7 Å². The zero-order valence-electron chi connectivity index (χ0n) is 19.0. The molecule has 1 saturated carbocycles. The van der Waals surface area contributed by atoms with E-state index in [0.717, 1.165) is 12.1 Å². The maximum absolute atomic E-state index is 13.6. The summed E-state index contributed by atoms with van der Waals surface area (Å²) in [4.78, 5) is 14.1. The van der Waals surface area contributed by atoms with Crippen LogP contribution in [0.5, 0.6) is 5.75 Å². The molecule has 1 aromatic rings. The standard InChI is InChI=1S/C21H23F9N2O5/c22-19(23,24)13-3-1-2-12(14(13)36-11-18(4-5-18)16(33)34)10-31-6-8-32(9-7-31)17(35)37-15(20(25,26)27)21(28,29)30/h1-3,15-16,33-34H,4-11H2. The van der Waals surface area contributed by atoms with Crippen LogP contribution in [-0.2, 0) is 17.5 Å². The highest BCUT2D eigenvalue weighted by molar-refractivity contribution is 5.68. The van der Waals surface area contributed by atoms with Gasteiger partial charge in [-0.15, -0.1) is 0 Å². The Morgan fingerprint density at radius 1 is 0.946 bits per heavy atom. The summed E-state index contributed by atoms with van der Waals surface area (Å²) < 4.78 is 126. The number of carbonyl (C=O) groups is 1. The quantitative estimate of drug-likeness (QED) is 0.393. The third-order valence-corrected chi connectivity index (χ3v) is 6.18. The van der Waals surface area contributed by atoms with Crippen LogP contribution in [0.2, 0.25) is 0 Å². The third kappa shape index (κ3) is 7.10. The smallest absolute Gasteiger partial charge is 0.434 e. The second-order valence-electron chi connectivity index (χ2n) is 8.93. The number of halogens is 9. The highest BCUT2D eigenvalue weighted by atomic mass is 19.4. The van der Waals surface area contributed by atoms with Gasteiger partial charge in [0.1, 0.15) is 5.75 Å². The van der Waals surface area contributed by atoms with Crippen LogP contribution in [0, 0.1) is 5.41 Å². The van der Waals surface area contributed by atoms with E-state index in [1.165, 1.54) is 11.0 Å². The summed E-state index contributed by atoms with van der Waals surface area (Å²) in [6, 6.07) is 3.28. The van der Waals surface area contributed by atoms with E-state index in [1.54, 1.807) is 0 Å². The summed E-state index contributed by atoms with van der Waals surface area (Å²) in [5, 5.41) is 18.9. The first kappa shape index (κ1) is 29.1. The number of para-hydroxylation sites is 1. The molecule has 0 aromatic heterocycles. The minimum Gasteiger partial charge on any atom is -0.492 e. The van der Waals surface area contributed by atoms with Gasteiger partial charge in [0, 0.05) is 38.3 Å². The maximum atomic E-state index is 13.6. The lowest BCUT2D eigenvalue weighted by atomic mass is 10.1. The molecule has 37 heavy (non-hydrogen) atoms. The average Bonchev–Trinajstić information content (AvgIpc) is 3.56. The van der Waals surface area contributed by atoms with E-state index in [4.69, 9.17) is 4.74 Å². The number of amides is 1. The van der Waals surface area contributed by atoms with Gasteiger partial charge in [-0.25, -0.2) is 4.79 Å². The predicted molar refractivity (Wildman–Crippen MR) is 106 cm³/mol. The maximum Gasteiger partial charge on any atom is 0.434 e. The summed E-state index contributed by atoms with van der Waals surface area (Å²) in [7, 11) is 0. The van der Waals surface area contributed by atoms with Gasteiger partial charge in [-0.05, 0) is 18.9 Å². The fraction of sp³-hybridized carbons (Fsp3) is 0.667. The number of hydrogen-bond donors (Lipinski definition) is 2. The van der Waals surface area contributed by atoms with Crippen molar-refractivity contribution >= 4 is 6.09 Å². The molecule has 2 fully saturated rings. The molecule has 3 rings (SSSR count). The minimum absolute atomic E-state index is 0.0725. The Labute approximate surface area is 204 Å². The van der Waals surface area contributed by atoms with Gasteiger partial charge in [0.05, 0.1) is 17.6 Å². The number of alkyl halides is 9. The Morgan fingerprint density at radius 3 is 1.97 bits per heavy atom. The number of benzene rings is 1. The van der Waals surface area contributed by atoms with Crippen molar-refractivity contribution in [2.45, 2.75) is 50.3 Å². The SMILES string of the molecule is O=C(OC(C(F)(F)F)C(F)(F)F)N1CCN(Cc2cccc(C(F)(F)F)c2OCC2(C(O)O)CC2)CC1. The molecule has 0 radical (unpaired) electrons. The molecule has 2 aliphatic rings. The summed E-state index contributed by atoms with van der Waals surface area (Å²) >= 11 is 0. The average molecular weight is 554 g/mol. The molecule has 0 atom stereocenters. The molecule has 7 nitrogen and oxygen atoms in total. The number of rotatable bonds is 7. The van der Waals surface area contributed by atoms with Crippen LogP contribution < -0.4 is 4.74 Å². The summed E-state index contributed by atoms with van der Waals surface area (Å²) in [6.07, 6.45) is -23.7. The van der Waals surface area contributed by atoms with Crippen molar-refractivity contribution in [2.24, 2.45) is 5.41 Å². The van der Waals surface area contributed by atoms with Crippen LogP contribution in [0.15, 0.2) is 18.2 Å². The number of nitrogens with zero attached hydrogens (tertiary/aromatic N) is 2. The fourth-order valence-electron chi connectivity index (χ4n) is 3.78. The molecule has 16 heteroatoms. The van der Waals surface area contributed by atoms with Crippen LogP contribution in [0.4, 0.5) is 44.3 Å². The molecule has 1 aliphatic heterocycles. The molecule has 1 aromatic carbocycles. The van der Waals surface area contributed by atoms with E-state index in [9.17, 15) is 54.5 Å². The van der Waals surface area contributed by atoms with Gasteiger partial charge >= 0.3 is 24.6 Å². The zero-order valence-corrected chi connectivity index (χ0v) is 19.0. The summed E-state index contributed by atoms with van der Waals surface area (Å²) in [5.74, 6) is -0.526. The minimum atomic E-state index is -5.86.